The van der Waals surface area contributed by atoms with E-state index in [0.717, 1.165) is 0 Å². The fourth-order valence-electron chi connectivity index (χ4n) is 1.42. The van der Waals surface area contributed by atoms with Crippen molar-refractivity contribution in [1.82, 2.24) is 19.5 Å². The number of hydrogen-bond donors (Lipinski definition) is 0. The van der Waals surface area contributed by atoms with Crippen LogP contribution in [0.1, 0.15) is 11.5 Å². The minimum absolute atomic E-state index is 0.158. The highest BCUT2D eigenvalue weighted by molar-refractivity contribution is 6.31. The van der Waals surface area contributed by atoms with Crippen LogP contribution >= 0.6 is 11.6 Å². The Hall–Kier alpha value is -2.02. The summed E-state index contributed by atoms with van der Waals surface area (Å²) in [6, 6.07) is 0. The maximum atomic E-state index is 10.9. The van der Waals surface area contributed by atoms with Crippen molar-refractivity contribution in [2.24, 2.45) is 7.05 Å². The molecule has 8 heteroatoms. The molecule has 0 fully saturated rings. The summed E-state index contributed by atoms with van der Waals surface area (Å²) in [6.45, 7) is 0. The molecule has 88 valence electrons. The van der Waals surface area contributed by atoms with Crippen molar-refractivity contribution in [2.45, 2.75) is 6.42 Å². The summed E-state index contributed by atoms with van der Waals surface area (Å²) in [5, 5.41) is 10.7. The summed E-state index contributed by atoms with van der Waals surface area (Å²) in [7, 11) is 1.80. The van der Waals surface area contributed by atoms with Gasteiger partial charge in [-0.25, -0.2) is 15.0 Å². The molecule has 0 unspecified atom stereocenters. The van der Waals surface area contributed by atoms with E-state index in [1.165, 1.54) is 6.33 Å². The lowest BCUT2D eigenvalue weighted by Crippen LogP contribution is -2.05. The molecule has 17 heavy (non-hydrogen) atoms. The minimum atomic E-state index is -0.583. The number of aryl methyl sites for hydroxylation is 1. The Morgan fingerprint density at radius 1 is 1.47 bits per heavy atom. The Morgan fingerprint density at radius 2 is 2.24 bits per heavy atom. The van der Waals surface area contributed by atoms with E-state index in [9.17, 15) is 10.1 Å². The third-order valence-corrected chi connectivity index (χ3v) is 2.56. The fraction of sp³-hybridized carbons (Fsp3) is 0.222. The van der Waals surface area contributed by atoms with Gasteiger partial charge in [0, 0.05) is 19.4 Å². The van der Waals surface area contributed by atoms with Crippen molar-refractivity contribution in [3.05, 3.63) is 45.5 Å². The van der Waals surface area contributed by atoms with Gasteiger partial charge >= 0.3 is 5.69 Å². The normalized spacial score (nSPS) is 10.5. The van der Waals surface area contributed by atoms with Crippen molar-refractivity contribution < 1.29 is 4.92 Å². The Bertz CT molecular complexity index is 568. The van der Waals surface area contributed by atoms with Crippen molar-refractivity contribution in [1.29, 1.82) is 0 Å². The molecule has 0 saturated carbocycles. The van der Waals surface area contributed by atoms with Gasteiger partial charge in [-0.15, -0.1) is 0 Å². The van der Waals surface area contributed by atoms with E-state index < -0.39 is 4.92 Å². The number of aromatic nitrogens is 4. The van der Waals surface area contributed by atoms with Crippen LogP contribution in [0, 0.1) is 10.1 Å². The monoisotopic (exact) mass is 253 g/mol. The van der Waals surface area contributed by atoms with E-state index in [0.29, 0.717) is 5.82 Å². The Morgan fingerprint density at radius 3 is 2.82 bits per heavy atom. The molecule has 2 aromatic heterocycles. The first kappa shape index (κ1) is 11.5. The molecule has 2 heterocycles. The van der Waals surface area contributed by atoms with Crippen LogP contribution in [-0.4, -0.2) is 24.4 Å². The van der Waals surface area contributed by atoms with Gasteiger partial charge in [-0.3, -0.25) is 10.1 Å². The quantitative estimate of drug-likeness (QED) is 0.468. The molecule has 0 spiro atoms. The van der Waals surface area contributed by atoms with Gasteiger partial charge in [-0.2, -0.15) is 0 Å². The summed E-state index contributed by atoms with van der Waals surface area (Å²) < 4.78 is 1.76. The van der Waals surface area contributed by atoms with Crippen molar-refractivity contribution in [2.75, 3.05) is 0 Å². The van der Waals surface area contributed by atoms with Crippen molar-refractivity contribution >= 4 is 17.3 Å². The van der Waals surface area contributed by atoms with Gasteiger partial charge in [0.05, 0.1) is 11.3 Å². The molecule has 0 atom stereocenters. The number of halogens is 1. The Labute approximate surface area is 101 Å². The maximum absolute atomic E-state index is 10.9. The standard InChI is InChI=1S/C9H8ClN5O2/c1-14-3-2-11-7(14)4-6-8(15(16)17)9(10)13-5-12-6/h2-3,5H,4H2,1H3. The van der Waals surface area contributed by atoms with Crippen LogP contribution < -0.4 is 0 Å². The SMILES string of the molecule is Cn1ccnc1Cc1ncnc(Cl)c1[N+](=O)[O-]. The van der Waals surface area contributed by atoms with Crippen molar-refractivity contribution in [3.63, 3.8) is 0 Å². The van der Waals surface area contributed by atoms with E-state index in [1.807, 2.05) is 0 Å². The van der Waals surface area contributed by atoms with E-state index in [2.05, 4.69) is 15.0 Å². The highest BCUT2D eigenvalue weighted by Crippen LogP contribution is 2.25. The second kappa shape index (κ2) is 4.46. The third kappa shape index (κ3) is 2.23. The highest BCUT2D eigenvalue weighted by Gasteiger charge is 2.22. The molecule has 0 bridgehead atoms. The number of nitro groups is 1. The predicted octanol–water partition coefficient (Wildman–Crippen LogP) is 1.36. The molecule has 0 aromatic carbocycles. The molecule has 7 nitrogen and oxygen atoms in total. The van der Waals surface area contributed by atoms with Gasteiger partial charge in [0.2, 0.25) is 5.15 Å². The average molecular weight is 254 g/mol. The highest BCUT2D eigenvalue weighted by atomic mass is 35.5. The zero-order valence-electron chi connectivity index (χ0n) is 8.87. The first-order valence-electron chi connectivity index (χ1n) is 4.69. The first-order valence-corrected chi connectivity index (χ1v) is 5.07. The van der Waals surface area contributed by atoms with Gasteiger partial charge in [0.1, 0.15) is 17.8 Å². The molecule has 0 amide bonds. The van der Waals surface area contributed by atoms with E-state index in [1.54, 1.807) is 24.0 Å². The van der Waals surface area contributed by atoms with Crippen LogP contribution in [0.15, 0.2) is 18.7 Å². The Balaban J connectivity index is 2.43. The van der Waals surface area contributed by atoms with Crippen LogP contribution in [0.25, 0.3) is 0 Å². The molecule has 0 N–H and O–H groups in total. The molecule has 0 radical (unpaired) electrons. The van der Waals surface area contributed by atoms with Gasteiger partial charge in [0.25, 0.3) is 0 Å². The average Bonchev–Trinajstić information content (AvgIpc) is 2.64. The van der Waals surface area contributed by atoms with Crippen molar-refractivity contribution in [3.8, 4) is 0 Å². The second-order valence-electron chi connectivity index (χ2n) is 3.35. The van der Waals surface area contributed by atoms with Crippen LogP contribution in [0.3, 0.4) is 0 Å². The minimum Gasteiger partial charge on any atom is -0.338 e. The lowest BCUT2D eigenvalue weighted by atomic mass is 10.2. The topological polar surface area (TPSA) is 86.7 Å². The van der Waals surface area contributed by atoms with Gasteiger partial charge in [-0.1, -0.05) is 11.6 Å². The predicted molar refractivity (Wildman–Crippen MR) is 59.7 cm³/mol. The lowest BCUT2D eigenvalue weighted by molar-refractivity contribution is -0.386. The summed E-state index contributed by atoms with van der Waals surface area (Å²) in [4.78, 5) is 21.8. The molecule has 0 saturated heterocycles. The third-order valence-electron chi connectivity index (χ3n) is 2.28. The first-order chi connectivity index (χ1) is 8.09. The molecule has 0 aliphatic rings. The Kier molecular flexibility index (Phi) is 3.01. The second-order valence-corrected chi connectivity index (χ2v) is 3.71. The molecule has 2 aromatic rings. The molecule has 2 rings (SSSR count). The lowest BCUT2D eigenvalue weighted by Gasteiger charge is -2.03. The maximum Gasteiger partial charge on any atom is 0.328 e. The zero-order valence-corrected chi connectivity index (χ0v) is 9.63. The number of hydrogen-bond acceptors (Lipinski definition) is 5. The largest absolute Gasteiger partial charge is 0.338 e. The van der Waals surface area contributed by atoms with E-state index >= 15 is 0 Å². The van der Waals surface area contributed by atoms with E-state index in [4.69, 9.17) is 11.6 Å². The fourth-order valence-corrected chi connectivity index (χ4v) is 1.64. The summed E-state index contributed by atoms with van der Waals surface area (Å²) >= 11 is 5.68. The van der Waals surface area contributed by atoms with Crippen LogP contribution in [0.4, 0.5) is 5.69 Å². The van der Waals surface area contributed by atoms with Gasteiger partial charge in [-0.05, 0) is 0 Å². The van der Waals surface area contributed by atoms with Crippen LogP contribution in [0.2, 0.25) is 5.15 Å². The van der Waals surface area contributed by atoms with Crippen LogP contribution in [-0.2, 0) is 13.5 Å². The number of nitrogens with zero attached hydrogens (tertiary/aromatic N) is 5. The molecular weight excluding hydrogens is 246 g/mol. The summed E-state index contributed by atoms with van der Waals surface area (Å²) in [5.74, 6) is 0.669. The van der Waals surface area contributed by atoms with E-state index in [-0.39, 0.29) is 23.0 Å². The smallest absolute Gasteiger partial charge is 0.328 e. The van der Waals surface area contributed by atoms with Crippen LogP contribution in [0.5, 0.6) is 0 Å². The number of rotatable bonds is 3. The molecule has 0 aliphatic heterocycles. The zero-order chi connectivity index (χ0) is 12.4. The molecular formula is C9H8ClN5O2. The molecule has 0 aliphatic carbocycles. The summed E-state index contributed by atoms with van der Waals surface area (Å²) in [5.41, 5.74) is -0.0125. The van der Waals surface area contributed by atoms with Gasteiger partial charge in [0.15, 0.2) is 0 Å². The van der Waals surface area contributed by atoms with Gasteiger partial charge < -0.3 is 4.57 Å². The number of imidazole rings is 1. The summed E-state index contributed by atoms with van der Waals surface area (Å²) in [6.07, 6.45) is 4.81.